The van der Waals surface area contributed by atoms with E-state index in [2.05, 4.69) is 15.6 Å². The number of anilines is 2. The zero-order chi connectivity index (χ0) is 15.9. The molecule has 0 spiro atoms. The molecule has 1 aromatic carbocycles. The van der Waals surface area contributed by atoms with Crippen molar-refractivity contribution in [3.05, 3.63) is 59.8 Å². The van der Waals surface area contributed by atoms with Crippen molar-refractivity contribution in [2.45, 2.75) is 13.8 Å². The smallest absolute Gasteiger partial charge is 0.249 e. The Morgan fingerprint density at radius 1 is 1.05 bits per heavy atom. The molecule has 2 amide bonds. The normalized spacial score (nSPS) is 10.5. The highest BCUT2D eigenvalue weighted by atomic mass is 16.2. The zero-order valence-corrected chi connectivity index (χ0v) is 12.5. The predicted octanol–water partition coefficient (Wildman–Crippen LogP) is 3.00. The van der Waals surface area contributed by atoms with E-state index in [0.29, 0.717) is 5.82 Å². The molecule has 5 nitrogen and oxygen atoms in total. The number of pyridine rings is 1. The number of carbonyl (C=O) groups excluding carboxylic acids is 2. The number of amides is 2. The number of rotatable bonds is 4. The molecule has 0 aliphatic carbocycles. The van der Waals surface area contributed by atoms with Crippen LogP contribution in [0, 0.1) is 6.92 Å². The molecule has 0 saturated carbocycles. The Morgan fingerprint density at radius 2 is 1.77 bits per heavy atom. The lowest BCUT2D eigenvalue weighted by atomic mass is 10.2. The number of hydrogen-bond donors (Lipinski definition) is 2. The summed E-state index contributed by atoms with van der Waals surface area (Å²) in [6, 6.07) is 10.8. The molecular weight excluding hydrogens is 278 g/mol. The first-order valence-electron chi connectivity index (χ1n) is 6.82. The van der Waals surface area contributed by atoms with Crippen molar-refractivity contribution in [1.29, 1.82) is 0 Å². The fourth-order valence-electron chi connectivity index (χ4n) is 1.76. The van der Waals surface area contributed by atoms with Crippen LogP contribution in [0.5, 0.6) is 0 Å². The molecule has 0 radical (unpaired) electrons. The van der Waals surface area contributed by atoms with Gasteiger partial charge < -0.3 is 10.6 Å². The first-order valence-corrected chi connectivity index (χ1v) is 6.82. The van der Waals surface area contributed by atoms with Gasteiger partial charge in [-0.05, 0) is 42.3 Å². The topological polar surface area (TPSA) is 71.1 Å². The highest BCUT2D eigenvalue weighted by Crippen LogP contribution is 2.11. The van der Waals surface area contributed by atoms with Gasteiger partial charge in [0.25, 0.3) is 0 Å². The molecule has 5 heteroatoms. The van der Waals surface area contributed by atoms with E-state index in [1.54, 1.807) is 30.5 Å². The van der Waals surface area contributed by atoms with E-state index >= 15 is 0 Å². The quantitative estimate of drug-likeness (QED) is 0.852. The van der Waals surface area contributed by atoms with E-state index < -0.39 is 0 Å². The van der Waals surface area contributed by atoms with Gasteiger partial charge >= 0.3 is 0 Å². The minimum Gasteiger partial charge on any atom is -0.326 e. The fraction of sp³-hybridized carbons (Fsp3) is 0.118. The monoisotopic (exact) mass is 295 g/mol. The molecule has 1 heterocycles. The van der Waals surface area contributed by atoms with Crippen LogP contribution in [0.1, 0.15) is 18.1 Å². The summed E-state index contributed by atoms with van der Waals surface area (Å²) in [5, 5.41) is 5.37. The summed E-state index contributed by atoms with van der Waals surface area (Å²) < 4.78 is 0. The van der Waals surface area contributed by atoms with Gasteiger partial charge in [-0.1, -0.05) is 18.2 Å². The second-order valence-electron chi connectivity index (χ2n) is 4.85. The summed E-state index contributed by atoms with van der Waals surface area (Å²) >= 11 is 0. The minimum absolute atomic E-state index is 0.117. The van der Waals surface area contributed by atoms with Crippen molar-refractivity contribution in [2.75, 3.05) is 10.6 Å². The van der Waals surface area contributed by atoms with E-state index in [4.69, 9.17) is 0 Å². The van der Waals surface area contributed by atoms with Gasteiger partial charge in [-0.15, -0.1) is 0 Å². The summed E-state index contributed by atoms with van der Waals surface area (Å²) in [5.74, 6) is 0.150. The number of nitrogens with one attached hydrogen (secondary N) is 2. The van der Waals surface area contributed by atoms with Gasteiger partial charge in [0, 0.05) is 24.9 Å². The van der Waals surface area contributed by atoms with Crippen LogP contribution < -0.4 is 10.6 Å². The van der Waals surface area contributed by atoms with Gasteiger partial charge in [0.15, 0.2) is 0 Å². The van der Waals surface area contributed by atoms with E-state index in [1.807, 2.05) is 25.1 Å². The van der Waals surface area contributed by atoms with Crippen LogP contribution in [0.4, 0.5) is 11.5 Å². The predicted molar refractivity (Wildman–Crippen MR) is 87.4 cm³/mol. The Morgan fingerprint density at radius 3 is 2.36 bits per heavy atom. The maximum absolute atomic E-state index is 11.8. The van der Waals surface area contributed by atoms with Crippen molar-refractivity contribution in [3.8, 4) is 0 Å². The van der Waals surface area contributed by atoms with E-state index in [-0.39, 0.29) is 11.8 Å². The first kappa shape index (κ1) is 15.4. The molecule has 2 N–H and O–H groups in total. The van der Waals surface area contributed by atoms with Gasteiger partial charge in [0.1, 0.15) is 5.82 Å². The lowest BCUT2D eigenvalue weighted by Crippen LogP contribution is -2.09. The number of benzene rings is 1. The standard InChI is InChI=1S/C17H17N3O2/c1-12-3-9-16(18-11-12)20-17(22)10-6-14-4-7-15(8-5-14)19-13(2)21/h3-11H,1-2H3,(H,19,21)(H,18,20,22)/b10-6+. The van der Waals surface area contributed by atoms with Crippen LogP contribution in [-0.4, -0.2) is 16.8 Å². The fourth-order valence-corrected chi connectivity index (χ4v) is 1.76. The summed E-state index contributed by atoms with van der Waals surface area (Å²) in [6.45, 7) is 3.39. The summed E-state index contributed by atoms with van der Waals surface area (Å²) in [4.78, 5) is 26.8. The summed E-state index contributed by atoms with van der Waals surface area (Å²) in [7, 11) is 0. The van der Waals surface area contributed by atoms with Crippen molar-refractivity contribution >= 4 is 29.4 Å². The van der Waals surface area contributed by atoms with Crippen molar-refractivity contribution in [1.82, 2.24) is 4.98 Å². The third-order valence-electron chi connectivity index (χ3n) is 2.82. The Hall–Kier alpha value is -2.95. The number of carbonyl (C=O) groups is 2. The average molecular weight is 295 g/mol. The molecular formula is C17H17N3O2. The first-order chi connectivity index (χ1) is 10.5. The Kier molecular flexibility index (Phi) is 5.03. The average Bonchev–Trinajstić information content (AvgIpc) is 2.48. The molecule has 1 aromatic heterocycles. The Balaban J connectivity index is 1.94. The maximum Gasteiger partial charge on any atom is 0.249 e. The number of nitrogens with zero attached hydrogens (tertiary/aromatic N) is 1. The highest BCUT2D eigenvalue weighted by Gasteiger charge is 1.99. The van der Waals surface area contributed by atoms with Gasteiger partial charge in [-0.2, -0.15) is 0 Å². The number of hydrogen-bond acceptors (Lipinski definition) is 3. The maximum atomic E-state index is 11.8. The van der Waals surface area contributed by atoms with Crippen LogP contribution >= 0.6 is 0 Å². The molecule has 2 rings (SSSR count). The second kappa shape index (κ2) is 7.17. The second-order valence-corrected chi connectivity index (χ2v) is 4.85. The van der Waals surface area contributed by atoms with E-state index in [0.717, 1.165) is 16.8 Å². The van der Waals surface area contributed by atoms with Crippen LogP contribution in [-0.2, 0) is 9.59 Å². The van der Waals surface area contributed by atoms with Gasteiger partial charge in [0.05, 0.1) is 0 Å². The molecule has 0 atom stereocenters. The summed E-state index contributed by atoms with van der Waals surface area (Å²) in [6.07, 6.45) is 4.83. The van der Waals surface area contributed by atoms with Gasteiger partial charge in [-0.3, -0.25) is 9.59 Å². The van der Waals surface area contributed by atoms with Gasteiger partial charge in [0.2, 0.25) is 11.8 Å². The Labute approximate surface area is 129 Å². The van der Waals surface area contributed by atoms with Gasteiger partial charge in [-0.25, -0.2) is 4.98 Å². The molecule has 2 aromatic rings. The number of aryl methyl sites for hydroxylation is 1. The van der Waals surface area contributed by atoms with E-state index in [9.17, 15) is 9.59 Å². The van der Waals surface area contributed by atoms with E-state index in [1.165, 1.54) is 13.0 Å². The molecule has 112 valence electrons. The van der Waals surface area contributed by atoms with Crippen molar-refractivity contribution in [3.63, 3.8) is 0 Å². The molecule has 0 saturated heterocycles. The van der Waals surface area contributed by atoms with Crippen LogP contribution in [0.25, 0.3) is 6.08 Å². The molecule has 0 aliphatic rings. The third-order valence-corrected chi connectivity index (χ3v) is 2.82. The SMILES string of the molecule is CC(=O)Nc1ccc(/C=C/C(=O)Nc2ccc(C)cn2)cc1. The molecule has 22 heavy (non-hydrogen) atoms. The summed E-state index contributed by atoms with van der Waals surface area (Å²) in [5.41, 5.74) is 2.62. The van der Waals surface area contributed by atoms with Crippen LogP contribution in [0.3, 0.4) is 0 Å². The lowest BCUT2D eigenvalue weighted by molar-refractivity contribution is -0.114. The molecule has 0 aliphatic heterocycles. The molecule has 0 unspecified atom stereocenters. The van der Waals surface area contributed by atoms with Crippen molar-refractivity contribution < 1.29 is 9.59 Å². The van der Waals surface area contributed by atoms with Crippen molar-refractivity contribution in [2.24, 2.45) is 0 Å². The Bertz CT molecular complexity index is 689. The molecule has 0 bridgehead atoms. The molecule has 0 fully saturated rings. The largest absolute Gasteiger partial charge is 0.326 e. The highest BCUT2D eigenvalue weighted by molar-refractivity contribution is 6.01. The minimum atomic E-state index is -0.248. The lowest BCUT2D eigenvalue weighted by Gasteiger charge is -2.02. The number of aromatic nitrogens is 1. The third kappa shape index (κ3) is 4.86. The van der Waals surface area contributed by atoms with Crippen LogP contribution in [0.2, 0.25) is 0 Å². The zero-order valence-electron chi connectivity index (χ0n) is 12.5. The van der Waals surface area contributed by atoms with Crippen LogP contribution in [0.15, 0.2) is 48.7 Å².